The summed E-state index contributed by atoms with van der Waals surface area (Å²) < 4.78 is 0. The van der Waals surface area contributed by atoms with Gasteiger partial charge in [0.15, 0.2) is 0 Å². The number of nitroso groups, excluding NO2 is 1. The summed E-state index contributed by atoms with van der Waals surface area (Å²) in [6.45, 7) is 0.479. The van der Waals surface area contributed by atoms with Gasteiger partial charge >= 0.3 is 0 Å². The summed E-state index contributed by atoms with van der Waals surface area (Å²) in [7, 11) is 0. The van der Waals surface area contributed by atoms with E-state index in [1.165, 1.54) is 24.3 Å². The van der Waals surface area contributed by atoms with Crippen molar-refractivity contribution in [3.8, 4) is 0 Å². The van der Waals surface area contributed by atoms with Crippen molar-refractivity contribution in [2.75, 3.05) is 13.1 Å². The number of hydrogen-bond donors (Lipinski definition) is 1. The molecule has 0 unspecified atom stereocenters. The molecular formula is C9H9N5O2. The van der Waals surface area contributed by atoms with Crippen LogP contribution < -0.4 is 5.32 Å². The third-order valence-electron chi connectivity index (χ3n) is 1.80. The van der Waals surface area contributed by atoms with E-state index in [0.29, 0.717) is 5.56 Å². The number of rotatable bonds is 5. The van der Waals surface area contributed by atoms with Gasteiger partial charge in [-0.15, -0.1) is 4.91 Å². The minimum Gasteiger partial charge on any atom is -0.352 e. The monoisotopic (exact) mass is 219 g/mol. The summed E-state index contributed by atoms with van der Waals surface area (Å²) in [4.78, 5) is 24.1. The number of nitrogens with one attached hydrogen (secondary N) is 1. The fourth-order valence-electron chi connectivity index (χ4n) is 1.04. The van der Waals surface area contributed by atoms with E-state index in [2.05, 4.69) is 20.5 Å². The van der Waals surface area contributed by atoms with Crippen molar-refractivity contribution in [2.24, 2.45) is 10.3 Å². The molecular weight excluding hydrogens is 210 g/mol. The van der Waals surface area contributed by atoms with E-state index in [1.807, 2.05) is 0 Å². The molecule has 0 radical (unpaired) electrons. The molecule has 0 fully saturated rings. The molecule has 0 saturated heterocycles. The summed E-state index contributed by atoms with van der Waals surface area (Å²) in [6, 6.07) is 5.91. The molecule has 0 bridgehead atoms. The Balaban J connectivity index is 2.52. The molecule has 7 nitrogen and oxygen atoms in total. The minimum atomic E-state index is -0.286. The SMILES string of the molecule is [N-]=[N+]=NCCNC(=O)c1ccc(N=O)cc1. The van der Waals surface area contributed by atoms with Crippen LogP contribution in [0.15, 0.2) is 34.6 Å². The van der Waals surface area contributed by atoms with Crippen LogP contribution in [-0.4, -0.2) is 19.0 Å². The first-order valence-electron chi connectivity index (χ1n) is 4.50. The zero-order valence-electron chi connectivity index (χ0n) is 8.33. The van der Waals surface area contributed by atoms with E-state index in [-0.39, 0.29) is 24.7 Å². The molecule has 0 aliphatic rings. The molecule has 1 aromatic carbocycles. The third kappa shape index (κ3) is 3.39. The zero-order chi connectivity index (χ0) is 11.8. The standard InChI is InChI=1S/C9H9N5O2/c10-14-12-6-5-11-9(15)7-1-3-8(13-16)4-2-7/h1-4H,5-6H2,(H,11,15). The second kappa shape index (κ2) is 6.15. The lowest BCUT2D eigenvalue weighted by molar-refractivity contribution is 0.0955. The maximum atomic E-state index is 11.5. The van der Waals surface area contributed by atoms with Crippen molar-refractivity contribution in [1.82, 2.24) is 5.32 Å². The van der Waals surface area contributed by atoms with Crippen LogP contribution in [0.2, 0.25) is 0 Å². The number of carbonyl (C=O) groups excluding carboxylic acids is 1. The van der Waals surface area contributed by atoms with E-state index < -0.39 is 0 Å². The predicted octanol–water partition coefficient (Wildman–Crippen LogP) is 2.12. The largest absolute Gasteiger partial charge is 0.352 e. The van der Waals surface area contributed by atoms with Crippen LogP contribution >= 0.6 is 0 Å². The van der Waals surface area contributed by atoms with E-state index in [0.717, 1.165) is 0 Å². The fraction of sp³-hybridized carbons (Fsp3) is 0.222. The quantitative estimate of drug-likeness (QED) is 0.269. The lowest BCUT2D eigenvalue weighted by atomic mass is 10.2. The summed E-state index contributed by atoms with van der Waals surface area (Å²) >= 11 is 0. The van der Waals surface area contributed by atoms with Gasteiger partial charge in [-0.3, -0.25) is 4.79 Å². The molecule has 1 rings (SSSR count). The van der Waals surface area contributed by atoms with Gasteiger partial charge in [0.1, 0.15) is 5.69 Å². The molecule has 0 saturated carbocycles. The summed E-state index contributed by atoms with van der Waals surface area (Å²) in [5, 5.41) is 8.55. The van der Waals surface area contributed by atoms with E-state index in [9.17, 15) is 9.70 Å². The van der Waals surface area contributed by atoms with Crippen molar-refractivity contribution in [3.63, 3.8) is 0 Å². The van der Waals surface area contributed by atoms with Gasteiger partial charge in [-0.25, -0.2) is 0 Å². The number of amides is 1. The van der Waals surface area contributed by atoms with Crippen molar-refractivity contribution in [3.05, 3.63) is 45.2 Å². The topological polar surface area (TPSA) is 107 Å². The Morgan fingerprint density at radius 2 is 2.06 bits per heavy atom. The van der Waals surface area contributed by atoms with E-state index >= 15 is 0 Å². The van der Waals surface area contributed by atoms with Crippen LogP contribution in [-0.2, 0) is 0 Å². The van der Waals surface area contributed by atoms with Gasteiger partial charge in [0.2, 0.25) is 0 Å². The lowest BCUT2D eigenvalue weighted by Gasteiger charge is -2.02. The van der Waals surface area contributed by atoms with Crippen molar-refractivity contribution >= 4 is 11.6 Å². The molecule has 0 aliphatic heterocycles. The molecule has 82 valence electrons. The first-order valence-corrected chi connectivity index (χ1v) is 4.50. The van der Waals surface area contributed by atoms with Crippen LogP contribution in [0.1, 0.15) is 10.4 Å². The molecule has 16 heavy (non-hydrogen) atoms. The number of benzene rings is 1. The summed E-state index contributed by atoms with van der Waals surface area (Å²) in [5.74, 6) is -0.286. The maximum Gasteiger partial charge on any atom is 0.251 e. The number of nitrogens with zero attached hydrogens (tertiary/aromatic N) is 4. The lowest BCUT2D eigenvalue weighted by Crippen LogP contribution is -2.25. The second-order valence-electron chi connectivity index (χ2n) is 2.85. The maximum absolute atomic E-state index is 11.5. The highest BCUT2D eigenvalue weighted by atomic mass is 16.3. The number of carbonyl (C=O) groups is 1. The first-order chi connectivity index (χ1) is 7.77. The average molecular weight is 219 g/mol. The van der Waals surface area contributed by atoms with Gasteiger partial charge < -0.3 is 5.32 Å². The van der Waals surface area contributed by atoms with Crippen molar-refractivity contribution in [1.29, 1.82) is 0 Å². The minimum absolute atomic E-state index is 0.205. The third-order valence-corrected chi connectivity index (χ3v) is 1.80. The van der Waals surface area contributed by atoms with Crippen LogP contribution in [0.25, 0.3) is 10.4 Å². The Bertz CT molecular complexity index is 422. The van der Waals surface area contributed by atoms with E-state index in [4.69, 9.17) is 5.53 Å². The Labute approximate surface area is 91.1 Å². The first kappa shape index (κ1) is 11.7. The molecule has 0 atom stereocenters. The van der Waals surface area contributed by atoms with Gasteiger partial charge in [0, 0.05) is 23.6 Å². The van der Waals surface area contributed by atoms with Crippen LogP contribution in [0, 0.1) is 4.91 Å². The fourth-order valence-corrected chi connectivity index (χ4v) is 1.04. The Hall–Kier alpha value is -2.40. The van der Waals surface area contributed by atoms with Crippen LogP contribution in [0.5, 0.6) is 0 Å². The van der Waals surface area contributed by atoms with Gasteiger partial charge in [-0.1, -0.05) is 5.11 Å². The van der Waals surface area contributed by atoms with Gasteiger partial charge in [-0.05, 0) is 35.0 Å². The Morgan fingerprint density at radius 3 is 2.62 bits per heavy atom. The summed E-state index contributed by atoms with van der Waals surface area (Å²) in [5.41, 5.74) is 8.71. The zero-order valence-corrected chi connectivity index (χ0v) is 8.33. The second-order valence-corrected chi connectivity index (χ2v) is 2.85. The molecule has 1 amide bonds. The number of azide groups is 1. The van der Waals surface area contributed by atoms with Gasteiger partial charge in [0.25, 0.3) is 5.91 Å². The van der Waals surface area contributed by atoms with Crippen molar-refractivity contribution in [2.45, 2.75) is 0 Å². The smallest absolute Gasteiger partial charge is 0.251 e. The average Bonchev–Trinajstić information content (AvgIpc) is 2.34. The van der Waals surface area contributed by atoms with Gasteiger partial charge in [-0.2, -0.15) is 0 Å². The van der Waals surface area contributed by atoms with Crippen molar-refractivity contribution < 1.29 is 4.79 Å². The highest BCUT2D eigenvalue weighted by molar-refractivity contribution is 5.94. The highest BCUT2D eigenvalue weighted by Crippen LogP contribution is 2.11. The molecule has 1 aromatic rings. The molecule has 0 spiro atoms. The molecule has 0 aromatic heterocycles. The molecule has 7 heteroatoms. The Morgan fingerprint density at radius 1 is 1.38 bits per heavy atom. The highest BCUT2D eigenvalue weighted by Gasteiger charge is 2.03. The molecule has 0 aliphatic carbocycles. The molecule has 1 N–H and O–H groups in total. The van der Waals surface area contributed by atoms with Gasteiger partial charge in [0.05, 0.1) is 0 Å². The Kier molecular flexibility index (Phi) is 4.49. The van der Waals surface area contributed by atoms with Crippen LogP contribution in [0.3, 0.4) is 0 Å². The number of hydrogen-bond acceptors (Lipinski definition) is 4. The predicted molar refractivity (Wildman–Crippen MR) is 58.2 cm³/mol. The normalized spacial score (nSPS) is 9.00. The summed E-state index contributed by atoms with van der Waals surface area (Å²) in [6.07, 6.45) is 0. The van der Waals surface area contributed by atoms with E-state index in [1.54, 1.807) is 0 Å². The van der Waals surface area contributed by atoms with Crippen LogP contribution in [0.4, 0.5) is 5.69 Å². The molecule has 0 heterocycles.